The first kappa shape index (κ1) is 11.0. The third-order valence-corrected chi connectivity index (χ3v) is 3.12. The van der Waals surface area contributed by atoms with Crippen LogP contribution in [0.4, 0.5) is 5.69 Å². The van der Waals surface area contributed by atoms with Crippen LogP contribution in [0.25, 0.3) is 0 Å². The van der Waals surface area contributed by atoms with Crippen LogP contribution in [-0.2, 0) is 17.6 Å². The van der Waals surface area contributed by atoms with Crippen molar-refractivity contribution in [2.75, 3.05) is 12.4 Å². The Morgan fingerprint density at radius 2 is 2.06 bits per heavy atom. The highest BCUT2D eigenvalue weighted by atomic mass is 16.2. The molecule has 86 valence electrons. The van der Waals surface area contributed by atoms with Crippen LogP contribution in [0, 0.1) is 0 Å². The van der Waals surface area contributed by atoms with Gasteiger partial charge in [0, 0.05) is 12.7 Å². The molecular weight excluding hydrogens is 200 g/mol. The molecule has 0 saturated heterocycles. The molecule has 1 aromatic carbocycles. The van der Waals surface area contributed by atoms with Gasteiger partial charge in [-0.25, -0.2) is 0 Å². The number of fused-ring (bicyclic) bond motifs is 1. The highest BCUT2D eigenvalue weighted by Crippen LogP contribution is 2.25. The van der Waals surface area contributed by atoms with Gasteiger partial charge in [0.25, 0.3) is 0 Å². The summed E-state index contributed by atoms with van der Waals surface area (Å²) < 4.78 is 0. The van der Waals surface area contributed by atoms with Crippen molar-refractivity contribution in [2.45, 2.75) is 32.2 Å². The third-order valence-electron chi connectivity index (χ3n) is 3.12. The van der Waals surface area contributed by atoms with E-state index in [4.69, 9.17) is 0 Å². The number of benzene rings is 1. The van der Waals surface area contributed by atoms with Crippen LogP contribution in [0.1, 0.15) is 24.5 Å². The fourth-order valence-corrected chi connectivity index (χ4v) is 2.19. The van der Waals surface area contributed by atoms with Gasteiger partial charge >= 0.3 is 0 Å². The number of rotatable bonds is 3. The average Bonchev–Trinajstić information content (AvgIpc) is 2.75. The van der Waals surface area contributed by atoms with Crippen LogP contribution in [0.5, 0.6) is 0 Å². The van der Waals surface area contributed by atoms with E-state index in [0.29, 0.717) is 0 Å². The second kappa shape index (κ2) is 4.56. The zero-order valence-corrected chi connectivity index (χ0v) is 9.84. The minimum atomic E-state index is -0.190. The van der Waals surface area contributed by atoms with E-state index in [1.165, 1.54) is 30.4 Å². The molecule has 2 N–H and O–H groups in total. The molecule has 0 saturated carbocycles. The summed E-state index contributed by atoms with van der Waals surface area (Å²) in [5, 5.41) is 5.85. The van der Waals surface area contributed by atoms with Crippen molar-refractivity contribution < 1.29 is 4.79 Å². The van der Waals surface area contributed by atoms with E-state index in [1.807, 2.05) is 6.92 Å². The SMILES string of the molecule is CNC(=O)C(C)Nc1ccc2c(c1)CCC2. The Kier molecular flexibility index (Phi) is 3.13. The van der Waals surface area contributed by atoms with Gasteiger partial charge in [0.2, 0.25) is 5.91 Å². The summed E-state index contributed by atoms with van der Waals surface area (Å²) in [5.41, 5.74) is 3.92. The monoisotopic (exact) mass is 218 g/mol. The molecule has 0 fully saturated rings. The summed E-state index contributed by atoms with van der Waals surface area (Å²) in [6, 6.07) is 6.21. The fraction of sp³-hybridized carbons (Fsp3) is 0.462. The number of hydrogen-bond donors (Lipinski definition) is 2. The summed E-state index contributed by atoms with van der Waals surface area (Å²) in [7, 11) is 1.66. The number of anilines is 1. The highest BCUT2D eigenvalue weighted by Gasteiger charge is 2.13. The lowest BCUT2D eigenvalue weighted by Gasteiger charge is -2.14. The molecule has 16 heavy (non-hydrogen) atoms. The van der Waals surface area contributed by atoms with Crippen LogP contribution in [0.15, 0.2) is 18.2 Å². The van der Waals surface area contributed by atoms with E-state index in [1.54, 1.807) is 7.05 Å². The van der Waals surface area contributed by atoms with Crippen LogP contribution >= 0.6 is 0 Å². The third kappa shape index (κ3) is 2.18. The normalized spacial score (nSPS) is 15.4. The standard InChI is InChI=1S/C13H18N2O/c1-9(13(16)14-2)15-12-7-6-10-4-3-5-11(10)8-12/h6-9,15H,3-5H2,1-2H3,(H,14,16). The molecule has 1 aliphatic rings. The van der Waals surface area contributed by atoms with Gasteiger partial charge in [0.1, 0.15) is 6.04 Å². The summed E-state index contributed by atoms with van der Waals surface area (Å²) in [6.45, 7) is 1.87. The van der Waals surface area contributed by atoms with Crippen molar-refractivity contribution in [3.8, 4) is 0 Å². The predicted molar refractivity (Wildman–Crippen MR) is 65.6 cm³/mol. The Morgan fingerprint density at radius 1 is 1.31 bits per heavy atom. The first-order valence-electron chi connectivity index (χ1n) is 5.80. The van der Waals surface area contributed by atoms with E-state index in [-0.39, 0.29) is 11.9 Å². The molecule has 3 heteroatoms. The lowest BCUT2D eigenvalue weighted by atomic mass is 10.1. The topological polar surface area (TPSA) is 41.1 Å². The van der Waals surface area contributed by atoms with Crippen LogP contribution in [-0.4, -0.2) is 19.0 Å². The minimum Gasteiger partial charge on any atom is -0.374 e. The first-order chi connectivity index (χ1) is 7.70. The quantitative estimate of drug-likeness (QED) is 0.811. The first-order valence-corrected chi connectivity index (χ1v) is 5.80. The smallest absolute Gasteiger partial charge is 0.241 e. The molecule has 0 heterocycles. The number of aryl methyl sites for hydroxylation is 2. The zero-order chi connectivity index (χ0) is 11.5. The molecule has 3 nitrogen and oxygen atoms in total. The maximum absolute atomic E-state index is 11.4. The predicted octanol–water partition coefficient (Wildman–Crippen LogP) is 1.72. The number of hydrogen-bond acceptors (Lipinski definition) is 2. The summed E-state index contributed by atoms with van der Waals surface area (Å²) in [4.78, 5) is 11.4. The lowest BCUT2D eigenvalue weighted by Crippen LogP contribution is -2.35. The highest BCUT2D eigenvalue weighted by molar-refractivity contribution is 5.83. The van der Waals surface area contributed by atoms with E-state index in [2.05, 4.69) is 28.8 Å². The molecule has 0 aromatic heterocycles. The number of carbonyl (C=O) groups excluding carboxylic acids is 1. The Bertz CT molecular complexity index is 401. The van der Waals surface area contributed by atoms with E-state index in [0.717, 1.165) is 5.69 Å². The Labute approximate surface area is 96.2 Å². The lowest BCUT2D eigenvalue weighted by molar-refractivity contribution is -0.121. The van der Waals surface area contributed by atoms with E-state index >= 15 is 0 Å². The van der Waals surface area contributed by atoms with E-state index in [9.17, 15) is 4.79 Å². The van der Waals surface area contributed by atoms with Gasteiger partial charge in [0.05, 0.1) is 0 Å². The van der Waals surface area contributed by atoms with Gasteiger partial charge in [-0.1, -0.05) is 6.07 Å². The Balaban J connectivity index is 2.08. The van der Waals surface area contributed by atoms with E-state index < -0.39 is 0 Å². The van der Waals surface area contributed by atoms with Gasteiger partial charge in [-0.05, 0) is 49.4 Å². The largest absolute Gasteiger partial charge is 0.374 e. The molecule has 1 aromatic rings. The molecule has 1 aliphatic carbocycles. The van der Waals surface area contributed by atoms with Crippen molar-refractivity contribution in [3.63, 3.8) is 0 Å². The minimum absolute atomic E-state index is 0.0144. The van der Waals surface area contributed by atoms with Crippen LogP contribution in [0.2, 0.25) is 0 Å². The molecule has 1 unspecified atom stereocenters. The number of likely N-dealkylation sites (N-methyl/N-ethyl adjacent to an activating group) is 1. The Morgan fingerprint density at radius 3 is 2.81 bits per heavy atom. The van der Waals surface area contributed by atoms with Gasteiger partial charge in [0.15, 0.2) is 0 Å². The summed E-state index contributed by atoms with van der Waals surface area (Å²) in [5.74, 6) is 0.0144. The summed E-state index contributed by atoms with van der Waals surface area (Å²) in [6.07, 6.45) is 3.61. The maximum Gasteiger partial charge on any atom is 0.241 e. The van der Waals surface area contributed by atoms with Gasteiger partial charge in [-0.15, -0.1) is 0 Å². The number of nitrogens with one attached hydrogen (secondary N) is 2. The molecule has 0 aliphatic heterocycles. The summed E-state index contributed by atoms with van der Waals surface area (Å²) >= 11 is 0. The molecule has 1 amide bonds. The van der Waals surface area contributed by atoms with Crippen molar-refractivity contribution in [1.29, 1.82) is 0 Å². The van der Waals surface area contributed by atoms with Gasteiger partial charge in [-0.2, -0.15) is 0 Å². The molecule has 0 bridgehead atoms. The molecular formula is C13H18N2O. The Hall–Kier alpha value is -1.51. The molecule has 2 rings (SSSR count). The molecule has 0 spiro atoms. The number of amides is 1. The zero-order valence-electron chi connectivity index (χ0n) is 9.84. The maximum atomic E-state index is 11.4. The second-order valence-electron chi connectivity index (χ2n) is 4.32. The average molecular weight is 218 g/mol. The van der Waals surface area contributed by atoms with Crippen molar-refractivity contribution >= 4 is 11.6 Å². The fourth-order valence-electron chi connectivity index (χ4n) is 2.19. The molecule has 1 atom stereocenters. The van der Waals surface area contributed by atoms with Crippen LogP contribution in [0.3, 0.4) is 0 Å². The number of carbonyl (C=O) groups is 1. The second-order valence-corrected chi connectivity index (χ2v) is 4.32. The van der Waals surface area contributed by atoms with Crippen molar-refractivity contribution in [2.24, 2.45) is 0 Å². The van der Waals surface area contributed by atoms with Gasteiger partial charge in [-0.3, -0.25) is 4.79 Å². The van der Waals surface area contributed by atoms with Crippen LogP contribution < -0.4 is 10.6 Å². The van der Waals surface area contributed by atoms with Gasteiger partial charge < -0.3 is 10.6 Å². The van der Waals surface area contributed by atoms with Crippen molar-refractivity contribution in [3.05, 3.63) is 29.3 Å². The van der Waals surface area contributed by atoms with Crippen molar-refractivity contribution in [1.82, 2.24) is 5.32 Å². The molecule has 0 radical (unpaired) electrons.